The fourth-order valence-corrected chi connectivity index (χ4v) is 1.97. The van der Waals surface area contributed by atoms with Crippen LogP contribution >= 0.6 is 0 Å². The molecular weight excluding hydrogens is 276 g/mol. The van der Waals surface area contributed by atoms with Crippen LogP contribution < -0.4 is 22.5 Å². The van der Waals surface area contributed by atoms with E-state index in [4.69, 9.17) is 10.3 Å². The molecule has 0 unspecified atom stereocenters. The minimum absolute atomic E-state index is 0.0322. The van der Waals surface area contributed by atoms with Crippen LogP contribution in [0.25, 0.3) is 0 Å². The van der Waals surface area contributed by atoms with Crippen LogP contribution in [0.4, 0.5) is 0 Å². The van der Waals surface area contributed by atoms with Gasteiger partial charge >= 0.3 is 11.6 Å². The van der Waals surface area contributed by atoms with Crippen molar-refractivity contribution in [1.29, 1.82) is 0 Å². The summed E-state index contributed by atoms with van der Waals surface area (Å²) in [6.45, 7) is 3.95. The number of furan rings is 1. The molecule has 112 valence electrons. The number of nitrogens with zero attached hydrogens (tertiary/aromatic N) is 2. The van der Waals surface area contributed by atoms with E-state index >= 15 is 0 Å². The van der Waals surface area contributed by atoms with Gasteiger partial charge in [0.1, 0.15) is 5.76 Å². The molecule has 0 aromatic carbocycles. The van der Waals surface area contributed by atoms with Gasteiger partial charge in [0.25, 0.3) is 5.56 Å². The molecule has 0 bridgehead atoms. The van der Waals surface area contributed by atoms with Gasteiger partial charge in [0.05, 0.1) is 6.54 Å². The highest BCUT2D eigenvalue weighted by Gasteiger charge is 2.15. The van der Waals surface area contributed by atoms with Crippen molar-refractivity contribution in [3.8, 4) is 0 Å². The number of nitrogen functional groups attached to an aromatic ring is 1. The molecule has 8 nitrogen and oxygen atoms in total. The first-order chi connectivity index (χ1) is 9.97. The summed E-state index contributed by atoms with van der Waals surface area (Å²) in [6, 6.07) is 2.79. The van der Waals surface area contributed by atoms with Crippen LogP contribution in [0, 0.1) is 6.92 Å². The van der Waals surface area contributed by atoms with E-state index in [1.807, 2.05) is 12.3 Å². The van der Waals surface area contributed by atoms with E-state index in [0.29, 0.717) is 17.9 Å². The average Bonchev–Trinajstić information content (AvgIpc) is 2.84. The Morgan fingerprint density at radius 3 is 2.76 bits per heavy atom. The third kappa shape index (κ3) is 2.79. The lowest BCUT2D eigenvalue weighted by molar-refractivity contribution is 0.0924. The zero-order chi connectivity index (χ0) is 15.6. The Morgan fingerprint density at radius 1 is 1.43 bits per heavy atom. The lowest BCUT2D eigenvalue weighted by Crippen LogP contribution is -2.39. The number of carbonyl (C=O) groups excluding carboxylic acids is 1. The highest BCUT2D eigenvalue weighted by Crippen LogP contribution is 2.14. The van der Waals surface area contributed by atoms with Gasteiger partial charge in [0.2, 0.25) is 0 Å². The second kappa shape index (κ2) is 5.80. The van der Waals surface area contributed by atoms with Crippen molar-refractivity contribution in [3.05, 3.63) is 56.3 Å². The van der Waals surface area contributed by atoms with Crippen LogP contribution in [0.15, 0.2) is 32.3 Å². The number of hydrogen-bond acceptors (Lipinski definition) is 5. The first-order valence-electron chi connectivity index (χ1n) is 6.38. The average molecular weight is 292 g/mol. The van der Waals surface area contributed by atoms with Crippen LogP contribution in [-0.2, 0) is 13.1 Å². The SMILES string of the molecule is CCn1ccc(=O)n(Cc2cc(C(=O)NN)oc2C)c1=O. The lowest BCUT2D eigenvalue weighted by Gasteiger charge is -2.07. The van der Waals surface area contributed by atoms with E-state index in [9.17, 15) is 14.4 Å². The van der Waals surface area contributed by atoms with E-state index in [0.717, 1.165) is 4.57 Å². The van der Waals surface area contributed by atoms with Crippen molar-refractivity contribution in [2.24, 2.45) is 5.84 Å². The quantitative estimate of drug-likeness (QED) is 0.451. The fraction of sp³-hybridized carbons (Fsp3) is 0.308. The number of hydrogen-bond donors (Lipinski definition) is 2. The first-order valence-corrected chi connectivity index (χ1v) is 6.38. The molecule has 8 heteroatoms. The number of rotatable bonds is 4. The Bertz CT molecular complexity index is 784. The monoisotopic (exact) mass is 292 g/mol. The van der Waals surface area contributed by atoms with Crippen molar-refractivity contribution in [2.45, 2.75) is 26.9 Å². The summed E-state index contributed by atoms with van der Waals surface area (Å²) in [4.78, 5) is 35.4. The maximum absolute atomic E-state index is 12.1. The van der Waals surface area contributed by atoms with Crippen LogP contribution in [-0.4, -0.2) is 15.0 Å². The van der Waals surface area contributed by atoms with Gasteiger partial charge in [0, 0.05) is 24.4 Å². The minimum atomic E-state index is -0.573. The topological polar surface area (TPSA) is 112 Å². The molecule has 0 fully saturated rings. The molecule has 0 aliphatic rings. The summed E-state index contributed by atoms with van der Waals surface area (Å²) >= 11 is 0. The largest absolute Gasteiger partial charge is 0.456 e. The molecule has 2 rings (SSSR count). The summed E-state index contributed by atoms with van der Waals surface area (Å²) in [7, 11) is 0. The van der Waals surface area contributed by atoms with Gasteiger partial charge in [-0.3, -0.25) is 19.6 Å². The van der Waals surface area contributed by atoms with Crippen LogP contribution in [0.5, 0.6) is 0 Å². The second-order valence-corrected chi connectivity index (χ2v) is 4.47. The molecule has 21 heavy (non-hydrogen) atoms. The van der Waals surface area contributed by atoms with Gasteiger partial charge in [-0.25, -0.2) is 10.6 Å². The molecule has 0 atom stereocenters. The maximum Gasteiger partial charge on any atom is 0.331 e. The molecule has 3 N–H and O–H groups in total. The third-order valence-electron chi connectivity index (χ3n) is 3.18. The van der Waals surface area contributed by atoms with Gasteiger partial charge in [-0.2, -0.15) is 0 Å². The van der Waals surface area contributed by atoms with Gasteiger partial charge < -0.3 is 8.98 Å². The number of hydrazine groups is 1. The Hall–Kier alpha value is -2.61. The predicted octanol–water partition coefficient (Wildman–Crippen LogP) is -0.417. The molecule has 2 aromatic rings. The van der Waals surface area contributed by atoms with Crippen LogP contribution in [0.3, 0.4) is 0 Å². The Kier molecular flexibility index (Phi) is 4.08. The molecule has 1 amide bonds. The Morgan fingerprint density at radius 2 is 2.14 bits per heavy atom. The van der Waals surface area contributed by atoms with Crippen molar-refractivity contribution in [2.75, 3.05) is 0 Å². The first kappa shape index (κ1) is 14.8. The Balaban J connectivity index is 2.44. The van der Waals surface area contributed by atoms with E-state index in [2.05, 4.69) is 0 Å². The Labute approximate surface area is 119 Å². The molecule has 2 aromatic heterocycles. The minimum Gasteiger partial charge on any atom is -0.456 e. The van der Waals surface area contributed by atoms with Crippen molar-refractivity contribution in [1.82, 2.24) is 14.6 Å². The fourth-order valence-electron chi connectivity index (χ4n) is 1.97. The second-order valence-electron chi connectivity index (χ2n) is 4.47. The van der Waals surface area contributed by atoms with E-state index in [-0.39, 0.29) is 12.3 Å². The van der Waals surface area contributed by atoms with Crippen molar-refractivity contribution in [3.63, 3.8) is 0 Å². The van der Waals surface area contributed by atoms with Gasteiger partial charge in [-0.05, 0) is 19.9 Å². The molecular formula is C13H16N4O4. The lowest BCUT2D eigenvalue weighted by atomic mass is 10.2. The van der Waals surface area contributed by atoms with Gasteiger partial charge in [-0.15, -0.1) is 0 Å². The number of nitrogens with one attached hydrogen (secondary N) is 1. The number of aromatic nitrogens is 2. The zero-order valence-corrected chi connectivity index (χ0v) is 11.8. The predicted molar refractivity (Wildman–Crippen MR) is 74.8 cm³/mol. The van der Waals surface area contributed by atoms with Gasteiger partial charge in [-0.1, -0.05) is 0 Å². The van der Waals surface area contributed by atoms with E-state index in [1.165, 1.54) is 22.9 Å². The number of amides is 1. The summed E-state index contributed by atoms with van der Waals surface area (Å²) in [5.41, 5.74) is 1.72. The van der Waals surface area contributed by atoms with E-state index < -0.39 is 17.2 Å². The molecule has 0 spiro atoms. The normalized spacial score (nSPS) is 10.6. The summed E-state index contributed by atoms with van der Waals surface area (Å²) in [5.74, 6) is 4.94. The molecule has 0 saturated carbocycles. The molecule has 0 aliphatic heterocycles. The molecule has 0 radical (unpaired) electrons. The highest BCUT2D eigenvalue weighted by atomic mass is 16.4. The number of aryl methyl sites for hydroxylation is 2. The number of carbonyl (C=O) groups is 1. The molecule has 0 saturated heterocycles. The summed E-state index contributed by atoms with van der Waals surface area (Å²) < 4.78 is 7.77. The van der Waals surface area contributed by atoms with Crippen LogP contribution in [0.2, 0.25) is 0 Å². The van der Waals surface area contributed by atoms with Crippen LogP contribution in [0.1, 0.15) is 28.8 Å². The summed E-state index contributed by atoms with van der Waals surface area (Å²) in [6.07, 6.45) is 1.46. The maximum atomic E-state index is 12.1. The standard InChI is InChI=1S/C13H16N4O4/c1-3-16-5-4-11(18)17(13(16)20)7-9-6-10(12(19)15-14)21-8(9)2/h4-6H,3,7,14H2,1-2H3,(H,15,19). The molecule has 2 heterocycles. The zero-order valence-electron chi connectivity index (χ0n) is 11.8. The van der Waals surface area contributed by atoms with Gasteiger partial charge in [0.15, 0.2) is 5.76 Å². The highest BCUT2D eigenvalue weighted by molar-refractivity contribution is 5.91. The van der Waals surface area contributed by atoms with Crippen molar-refractivity contribution < 1.29 is 9.21 Å². The van der Waals surface area contributed by atoms with Crippen molar-refractivity contribution >= 4 is 5.91 Å². The summed E-state index contributed by atoms with van der Waals surface area (Å²) in [5, 5.41) is 0. The van der Waals surface area contributed by atoms with E-state index in [1.54, 1.807) is 6.92 Å². The smallest absolute Gasteiger partial charge is 0.331 e. The molecule has 0 aliphatic carbocycles. The third-order valence-corrected chi connectivity index (χ3v) is 3.18. The number of nitrogens with two attached hydrogens (primary N) is 1.